The van der Waals surface area contributed by atoms with Gasteiger partial charge in [0.2, 0.25) is 0 Å². The monoisotopic (exact) mass is 478 g/mol. The molecule has 34 heavy (non-hydrogen) atoms. The highest BCUT2D eigenvalue weighted by Crippen LogP contribution is 2.64. The lowest BCUT2D eigenvalue weighted by Gasteiger charge is -2.29. The van der Waals surface area contributed by atoms with Gasteiger partial charge in [0.15, 0.2) is 11.6 Å². The number of hydrogen-bond donors (Lipinski definition) is 1. The third-order valence-electron chi connectivity index (χ3n) is 7.69. The summed E-state index contributed by atoms with van der Waals surface area (Å²) in [5.41, 5.74) is 7.83. The number of fused-ring (bicyclic) bond motifs is 1. The molecular weight excluding hydrogens is 445 g/mol. The van der Waals surface area contributed by atoms with Gasteiger partial charge in [0, 0.05) is 48.5 Å². The third-order valence-corrected chi connectivity index (χ3v) is 7.69. The Bertz CT molecular complexity index is 1030. The molecule has 0 amide bonds. The topological polar surface area (TPSA) is 72.4 Å². The third kappa shape index (κ3) is 4.62. The number of rotatable bonds is 5. The van der Waals surface area contributed by atoms with Crippen LogP contribution in [0, 0.1) is 11.8 Å². The Morgan fingerprint density at radius 3 is 2.50 bits per heavy atom. The second-order valence-electron chi connectivity index (χ2n) is 10.3. The second-order valence-corrected chi connectivity index (χ2v) is 10.3. The van der Waals surface area contributed by atoms with E-state index in [0.717, 1.165) is 13.1 Å². The Morgan fingerprint density at radius 1 is 1.09 bits per heavy atom. The van der Waals surface area contributed by atoms with Crippen LogP contribution in [0.2, 0.25) is 0 Å². The summed E-state index contributed by atoms with van der Waals surface area (Å²) in [5.74, 6) is 0.970. The first kappa shape index (κ1) is 23.4. The molecule has 2 aromatic rings. The fourth-order valence-electron chi connectivity index (χ4n) is 5.99. The van der Waals surface area contributed by atoms with E-state index in [0.29, 0.717) is 35.1 Å². The van der Waals surface area contributed by atoms with Crippen LogP contribution in [0.5, 0.6) is 5.75 Å². The number of nitrogens with zero attached hydrogens (tertiary/aromatic N) is 5. The Labute approximate surface area is 198 Å². The molecule has 2 aliphatic carbocycles. The van der Waals surface area contributed by atoms with E-state index in [-0.39, 0.29) is 11.9 Å². The Balaban J connectivity index is 1.33. The van der Waals surface area contributed by atoms with Gasteiger partial charge in [-0.05, 0) is 77.2 Å². The number of likely N-dealkylation sites (N-methyl/N-ethyl adjacent to an activating group) is 1. The first-order valence-corrected chi connectivity index (χ1v) is 12.1. The molecule has 0 radical (unpaired) electrons. The second kappa shape index (κ2) is 8.71. The fraction of sp³-hybridized carbons (Fsp3) is 0.667. The van der Waals surface area contributed by atoms with Crippen molar-refractivity contribution in [3.63, 3.8) is 0 Å². The molecule has 1 saturated heterocycles. The van der Waals surface area contributed by atoms with E-state index >= 15 is 0 Å². The standard InChI is InChI=1S/C24H33F3N6O/c1-14(2)33-20(12-19(30-33)15-9-21(23(28)29-13-15)34-24(25,26)27)22-17-10-16(11-18(17)22)32-6-4-5-31(3)7-8-32/h9,12-14,16-18,22H,4-8,10-11H2,1-3H3,(H2,28,29)/t16-,17+,18-,22-. The molecule has 7 nitrogen and oxygen atoms in total. The van der Waals surface area contributed by atoms with E-state index in [1.54, 1.807) is 0 Å². The number of pyridine rings is 1. The van der Waals surface area contributed by atoms with Crippen molar-refractivity contribution in [3.8, 4) is 17.0 Å². The zero-order valence-corrected chi connectivity index (χ0v) is 19.9. The largest absolute Gasteiger partial charge is 0.573 e. The molecule has 3 aliphatic rings. The number of alkyl halides is 3. The molecule has 0 spiro atoms. The highest BCUT2D eigenvalue weighted by Gasteiger charge is 2.58. The van der Waals surface area contributed by atoms with Crippen molar-refractivity contribution >= 4 is 5.82 Å². The highest BCUT2D eigenvalue weighted by molar-refractivity contribution is 5.64. The molecule has 5 rings (SSSR count). The van der Waals surface area contributed by atoms with E-state index in [9.17, 15) is 13.2 Å². The molecule has 2 N–H and O–H groups in total. The number of aromatic nitrogens is 3. The van der Waals surface area contributed by atoms with Crippen LogP contribution in [0.25, 0.3) is 11.3 Å². The van der Waals surface area contributed by atoms with E-state index < -0.39 is 12.1 Å². The van der Waals surface area contributed by atoms with Crippen molar-refractivity contribution in [1.29, 1.82) is 0 Å². The van der Waals surface area contributed by atoms with Gasteiger partial charge in [0.1, 0.15) is 0 Å². The maximum atomic E-state index is 12.8. The molecular formula is C24H33F3N6O. The van der Waals surface area contributed by atoms with Gasteiger partial charge in [0.25, 0.3) is 0 Å². The van der Waals surface area contributed by atoms with Gasteiger partial charge in [-0.2, -0.15) is 5.10 Å². The van der Waals surface area contributed by atoms with Crippen molar-refractivity contribution in [2.24, 2.45) is 11.8 Å². The smallest absolute Gasteiger partial charge is 0.402 e. The van der Waals surface area contributed by atoms with E-state index in [1.165, 1.54) is 50.3 Å². The lowest BCUT2D eigenvalue weighted by molar-refractivity contribution is -0.274. The minimum absolute atomic E-state index is 0.148. The number of nitrogen functional groups attached to an aromatic ring is 1. The minimum Gasteiger partial charge on any atom is -0.402 e. The summed E-state index contributed by atoms with van der Waals surface area (Å²) in [4.78, 5) is 9.01. The molecule has 1 aliphatic heterocycles. The van der Waals surface area contributed by atoms with Crippen LogP contribution >= 0.6 is 0 Å². The van der Waals surface area contributed by atoms with Crippen LogP contribution in [0.15, 0.2) is 18.3 Å². The summed E-state index contributed by atoms with van der Waals surface area (Å²) < 4.78 is 44.3. The van der Waals surface area contributed by atoms with E-state index in [2.05, 4.69) is 40.4 Å². The Kier molecular flexibility index (Phi) is 6.00. The molecule has 2 saturated carbocycles. The van der Waals surface area contributed by atoms with Crippen molar-refractivity contribution in [3.05, 3.63) is 24.0 Å². The highest BCUT2D eigenvalue weighted by atomic mass is 19.4. The summed E-state index contributed by atoms with van der Waals surface area (Å²) in [6.45, 7) is 8.79. The predicted molar refractivity (Wildman–Crippen MR) is 123 cm³/mol. The van der Waals surface area contributed by atoms with Crippen molar-refractivity contribution < 1.29 is 17.9 Å². The SMILES string of the molecule is CC(C)n1nc(-c2cnc(N)c(OC(F)(F)F)c2)cc1[C@H]1[C@@H]2C[C@H](N3CCCN(C)CC3)C[C@@H]21. The molecule has 2 aromatic heterocycles. The van der Waals surface area contributed by atoms with Crippen molar-refractivity contribution in [1.82, 2.24) is 24.6 Å². The summed E-state index contributed by atoms with van der Waals surface area (Å²) in [6, 6.07) is 4.10. The summed E-state index contributed by atoms with van der Waals surface area (Å²) in [6.07, 6.45) is 0.275. The molecule has 3 fully saturated rings. The lowest BCUT2D eigenvalue weighted by atomic mass is 10.0. The Hall–Kier alpha value is -2.33. The van der Waals surface area contributed by atoms with Gasteiger partial charge in [-0.3, -0.25) is 9.58 Å². The molecule has 186 valence electrons. The average Bonchev–Trinajstić information content (AvgIpc) is 3.09. The first-order chi connectivity index (χ1) is 16.1. The lowest BCUT2D eigenvalue weighted by Crippen LogP contribution is -2.37. The van der Waals surface area contributed by atoms with Crippen LogP contribution in [-0.4, -0.2) is 70.2 Å². The average molecular weight is 479 g/mol. The summed E-state index contributed by atoms with van der Waals surface area (Å²) >= 11 is 0. The molecule has 4 atom stereocenters. The van der Waals surface area contributed by atoms with Crippen LogP contribution in [0.3, 0.4) is 0 Å². The molecule has 0 aromatic carbocycles. The molecule has 3 heterocycles. The zero-order chi connectivity index (χ0) is 24.2. The van der Waals surface area contributed by atoms with Crippen LogP contribution in [0.1, 0.15) is 50.8 Å². The van der Waals surface area contributed by atoms with Gasteiger partial charge in [-0.1, -0.05) is 0 Å². The maximum Gasteiger partial charge on any atom is 0.573 e. The number of nitrogens with two attached hydrogens (primary N) is 1. The number of ether oxygens (including phenoxy) is 1. The van der Waals surface area contributed by atoms with Crippen LogP contribution < -0.4 is 10.5 Å². The zero-order valence-electron chi connectivity index (χ0n) is 19.9. The summed E-state index contributed by atoms with van der Waals surface area (Å²) in [7, 11) is 2.20. The van der Waals surface area contributed by atoms with Gasteiger partial charge in [-0.15, -0.1) is 13.2 Å². The van der Waals surface area contributed by atoms with Crippen molar-refractivity contribution in [2.75, 3.05) is 39.0 Å². The maximum absolute atomic E-state index is 12.8. The van der Waals surface area contributed by atoms with Gasteiger partial charge in [-0.25, -0.2) is 4.98 Å². The van der Waals surface area contributed by atoms with E-state index in [1.807, 2.05) is 10.7 Å². The first-order valence-electron chi connectivity index (χ1n) is 12.1. The van der Waals surface area contributed by atoms with Gasteiger partial charge < -0.3 is 15.4 Å². The molecule has 0 unspecified atom stereocenters. The number of hydrogen-bond acceptors (Lipinski definition) is 6. The molecule has 10 heteroatoms. The van der Waals surface area contributed by atoms with Crippen LogP contribution in [-0.2, 0) is 0 Å². The normalized spacial score (nSPS) is 28.2. The van der Waals surface area contributed by atoms with Crippen molar-refractivity contribution in [2.45, 2.75) is 57.5 Å². The number of halogens is 3. The Morgan fingerprint density at radius 2 is 1.82 bits per heavy atom. The van der Waals surface area contributed by atoms with Crippen LogP contribution in [0.4, 0.5) is 19.0 Å². The van der Waals surface area contributed by atoms with Gasteiger partial charge >= 0.3 is 6.36 Å². The van der Waals surface area contributed by atoms with Gasteiger partial charge in [0.05, 0.1) is 5.69 Å². The fourth-order valence-corrected chi connectivity index (χ4v) is 5.99. The number of anilines is 1. The minimum atomic E-state index is -4.83. The van der Waals surface area contributed by atoms with E-state index in [4.69, 9.17) is 10.8 Å². The molecule has 0 bridgehead atoms. The summed E-state index contributed by atoms with van der Waals surface area (Å²) in [5, 5.41) is 4.75. The predicted octanol–water partition coefficient (Wildman–Crippen LogP) is 4.14. The quantitative estimate of drug-likeness (QED) is 0.697.